The van der Waals surface area contributed by atoms with Crippen LogP contribution in [0, 0.1) is 11.8 Å². The third kappa shape index (κ3) is 4.11. The molecule has 0 unspecified atom stereocenters. The van der Waals surface area contributed by atoms with Crippen molar-refractivity contribution in [3.63, 3.8) is 0 Å². The van der Waals surface area contributed by atoms with Gasteiger partial charge in [-0.25, -0.2) is 0 Å². The largest absolute Gasteiger partial charge is 0.490 e. The van der Waals surface area contributed by atoms with Crippen molar-refractivity contribution in [3.8, 4) is 5.75 Å². The van der Waals surface area contributed by atoms with Crippen molar-refractivity contribution in [1.82, 2.24) is 0 Å². The van der Waals surface area contributed by atoms with Gasteiger partial charge < -0.3 is 10.1 Å². The maximum atomic E-state index is 5.59. The third-order valence-electron chi connectivity index (χ3n) is 4.69. The molecule has 1 saturated carbocycles. The summed E-state index contributed by atoms with van der Waals surface area (Å²) in [4.78, 5) is 0. The maximum Gasteiger partial charge on any atom is 0.120 e. The number of quaternary nitrogens is 1. The second kappa shape index (κ2) is 7.49. The van der Waals surface area contributed by atoms with Crippen LogP contribution in [0.25, 0.3) is 0 Å². The van der Waals surface area contributed by atoms with E-state index in [0.717, 1.165) is 30.2 Å². The van der Waals surface area contributed by atoms with Gasteiger partial charge in [0.1, 0.15) is 18.9 Å². The second-order valence-corrected chi connectivity index (χ2v) is 6.12. The van der Waals surface area contributed by atoms with Crippen LogP contribution >= 0.6 is 0 Å². The first kappa shape index (κ1) is 15.1. The zero-order chi connectivity index (χ0) is 14.4. The molecule has 0 heterocycles. The van der Waals surface area contributed by atoms with Gasteiger partial charge >= 0.3 is 0 Å². The Balaban J connectivity index is 1.88. The predicted molar refractivity (Wildman–Crippen MR) is 83.7 cm³/mol. The lowest BCUT2D eigenvalue weighted by atomic mass is 9.78. The van der Waals surface area contributed by atoms with E-state index in [2.05, 4.69) is 43.9 Å². The summed E-state index contributed by atoms with van der Waals surface area (Å²) in [7, 11) is 0. The molecule has 0 saturated heterocycles. The first-order valence-corrected chi connectivity index (χ1v) is 7.86. The monoisotopic (exact) mass is 274 g/mol. The maximum absolute atomic E-state index is 5.59. The number of hydrogen-bond donors (Lipinski definition) is 1. The Hall–Kier alpha value is -1.28. The molecule has 0 aliphatic heterocycles. The number of hydrogen-bond acceptors (Lipinski definition) is 1. The highest BCUT2D eigenvalue weighted by molar-refractivity contribution is 5.28. The molecule has 2 rings (SSSR count). The van der Waals surface area contributed by atoms with Crippen LogP contribution in [-0.2, 0) is 6.54 Å². The highest BCUT2D eigenvalue weighted by Gasteiger charge is 2.29. The zero-order valence-corrected chi connectivity index (χ0v) is 12.8. The standard InChI is InChI=1S/C18H27NO/c1-4-11-20-17-9-6-8-16(12-17)13-19-18-10-5-7-14(2)15(18)3/h4,6,8-9,12,14-15,18-19H,1,5,7,10-11,13H2,2-3H3/p+1/t14-,15+,18+/m0/s1. The van der Waals surface area contributed by atoms with Gasteiger partial charge in [0, 0.05) is 11.5 Å². The van der Waals surface area contributed by atoms with Crippen molar-refractivity contribution >= 4 is 0 Å². The smallest absolute Gasteiger partial charge is 0.120 e. The van der Waals surface area contributed by atoms with Crippen LogP contribution in [0.4, 0.5) is 0 Å². The molecular formula is C18H28NO+. The van der Waals surface area contributed by atoms with E-state index in [4.69, 9.17) is 4.74 Å². The van der Waals surface area contributed by atoms with Crippen molar-refractivity contribution in [2.24, 2.45) is 11.8 Å². The van der Waals surface area contributed by atoms with E-state index in [0.29, 0.717) is 6.61 Å². The summed E-state index contributed by atoms with van der Waals surface area (Å²) in [5.74, 6) is 2.64. The lowest BCUT2D eigenvalue weighted by molar-refractivity contribution is -0.713. The summed E-state index contributed by atoms with van der Waals surface area (Å²) in [5, 5.41) is 2.52. The Morgan fingerprint density at radius 3 is 3.00 bits per heavy atom. The van der Waals surface area contributed by atoms with Crippen LogP contribution in [0.1, 0.15) is 38.7 Å². The molecule has 20 heavy (non-hydrogen) atoms. The molecule has 0 bridgehead atoms. The van der Waals surface area contributed by atoms with Crippen molar-refractivity contribution in [1.29, 1.82) is 0 Å². The fraction of sp³-hybridized carbons (Fsp3) is 0.556. The topological polar surface area (TPSA) is 25.8 Å². The number of nitrogens with two attached hydrogens (primary N) is 1. The Kier molecular flexibility index (Phi) is 5.66. The minimum absolute atomic E-state index is 0.574. The van der Waals surface area contributed by atoms with Crippen molar-refractivity contribution in [2.75, 3.05) is 6.61 Å². The average Bonchev–Trinajstić information content (AvgIpc) is 2.47. The van der Waals surface area contributed by atoms with E-state index in [9.17, 15) is 0 Å². The van der Waals surface area contributed by atoms with Crippen LogP contribution in [-0.4, -0.2) is 12.6 Å². The predicted octanol–water partition coefficient (Wildman–Crippen LogP) is 3.14. The van der Waals surface area contributed by atoms with Gasteiger partial charge in [-0.05, 0) is 37.3 Å². The molecule has 2 nitrogen and oxygen atoms in total. The first-order valence-electron chi connectivity index (χ1n) is 7.86. The van der Waals surface area contributed by atoms with Gasteiger partial charge in [0.25, 0.3) is 0 Å². The fourth-order valence-electron chi connectivity index (χ4n) is 3.16. The van der Waals surface area contributed by atoms with Gasteiger partial charge in [-0.3, -0.25) is 0 Å². The molecule has 1 aromatic rings. The molecule has 110 valence electrons. The molecule has 0 spiro atoms. The Labute approximate surface area is 123 Å². The van der Waals surface area contributed by atoms with Crippen LogP contribution in [0.15, 0.2) is 36.9 Å². The van der Waals surface area contributed by atoms with Gasteiger partial charge in [-0.1, -0.05) is 38.6 Å². The van der Waals surface area contributed by atoms with Crippen molar-refractivity contribution < 1.29 is 10.1 Å². The van der Waals surface area contributed by atoms with E-state index in [1.165, 1.54) is 24.8 Å². The van der Waals surface area contributed by atoms with Crippen LogP contribution in [0.3, 0.4) is 0 Å². The highest BCUT2D eigenvalue weighted by atomic mass is 16.5. The summed E-state index contributed by atoms with van der Waals surface area (Å²) >= 11 is 0. The van der Waals surface area contributed by atoms with Crippen molar-refractivity contribution in [3.05, 3.63) is 42.5 Å². The van der Waals surface area contributed by atoms with E-state index in [-0.39, 0.29) is 0 Å². The lowest BCUT2D eigenvalue weighted by Gasteiger charge is -2.32. The molecule has 1 fully saturated rings. The van der Waals surface area contributed by atoms with Gasteiger partial charge in [0.05, 0.1) is 6.04 Å². The minimum Gasteiger partial charge on any atom is -0.490 e. The third-order valence-corrected chi connectivity index (χ3v) is 4.69. The first-order chi connectivity index (χ1) is 9.70. The van der Waals surface area contributed by atoms with E-state index < -0.39 is 0 Å². The summed E-state index contributed by atoms with van der Waals surface area (Å²) in [6, 6.07) is 9.20. The van der Waals surface area contributed by atoms with E-state index >= 15 is 0 Å². The molecule has 2 heteroatoms. The molecule has 0 radical (unpaired) electrons. The van der Waals surface area contributed by atoms with Crippen LogP contribution in [0.2, 0.25) is 0 Å². The zero-order valence-electron chi connectivity index (χ0n) is 12.8. The molecule has 1 aromatic carbocycles. The fourth-order valence-corrected chi connectivity index (χ4v) is 3.16. The van der Waals surface area contributed by atoms with E-state index in [1.54, 1.807) is 6.08 Å². The Bertz CT molecular complexity index is 429. The summed E-state index contributed by atoms with van der Waals surface area (Å²) in [6.45, 7) is 10.1. The summed E-state index contributed by atoms with van der Waals surface area (Å²) in [5.41, 5.74) is 1.34. The van der Waals surface area contributed by atoms with Gasteiger partial charge in [-0.2, -0.15) is 0 Å². The molecule has 3 atom stereocenters. The lowest BCUT2D eigenvalue weighted by Crippen LogP contribution is -2.90. The van der Waals surface area contributed by atoms with Gasteiger partial charge in [0.2, 0.25) is 0 Å². The molecular weight excluding hydrogens is 246 g/mol. The molecule has 1 aliphatic carbocycles. The Morgan fingerprint density at radius 1 is 1.35 bits per heavy atom. The van der Waals surface area contributed by atoms with Crippen LogP contribution < -0.4 is 10.1 Å². The highest BCUT2D eigenvalue weighted by Crippen LogP contribution is 2.27. The number of ether oxygens (including phenoxy) is 1. The normalized spacial score (nSPS) is 26.2. The molecule has 0 amide bonds. The molecule has 2 N–H and O–H groups in total. The SMILES string of the molecule is C=CCOc1cccc(C[NH2+][C@@H]2CCC[C@H](C)[C@H]2C)c1. The quantitative estimate of drug-likeness (QED) is 0.792. The second-order valence-electron chi connectivity index (χ2n) is 6.12. The minimum atomic E-state index is 0.574. The van der Waals surface area contributed by atoms with Gasteiger partial charge in [-0.15, -0.1) is 0 Å². The average molecular weight is 274 g/mol. The van der Waals surface area contributed by atoms with Gasteiger partial charge in [0.15, 0.2) is 0 Å². The Morgan fingerprint density at radius 2 is 2.20 bits per heavy atom. The molecule has 0 aromatic heterocycles. The summed E-state index contributed by atoms with van der Waals surface area (Å²) in [6.07, 6.45) is 5.92. The summed E-state index contributed by atoms with van der Waals surface area (Å²) < 4.78 is 5.59. The molecule has 1 aliphatic rings. The van der Waals surface area contributed by atoms with Crippen molar-refractivity contribution in [2.45, 2.75) is 45.7 Å². The van der Waals surface area contributed by atoms with Crippen LogP contribution in [0.5, 0.6) is 5.75 Å². The van der Waals surface area contributed by atoms with E-state index in [1.807, 2.05) is 6.07 Å². The number of benzene rings is 1. The number of rotatable bonds is 6.